The van der Waals surface area contributed by atoms with E-state index < -0.39 is 15.4 Å². The zero-order valence-electron chi connectivity index (χ0n) is 25.1. The van der Waals surface area contributed by atoms with Gasteiger partial charge in [-0.15, -0.1) is 11.3 Å². The Kier molecular flexibility index (Phi) is 8.37. The Bertz CT molecular complexity index is 1670. The molecule has 1 aromatic carbocycles. The van der Waals surface area contributed by atoms with Gasteiger partial charge in [0.1, 0.15) is 4.90 Å². The van der Waals surface area contributed by atoms with Gasteiger partial charge in [0.15, 0.2) is 5.78 Å². The number of anilines is 2. The molecule has 2 aromatic heterocycles. The standard InChI is InChI=1S/C32H40N5O3S2.H2/c1-7-34-25-13-12-24(20(3)30(25)36-33)29(32(5,6)31(38)22-10-11-22)27-16-23(21(4)41-27)18-37-17-19(2)15-26-28(42(37,39)40)9-8-14-35-26;/h8-14,16,19,29,34,36H,7,15,17-18,33H2,1-6H3;1H/t19-,29+;/m0./s1. The van der Waals surface area contributed by atoms with Crippen LogP contribution in [-0.2, 0) is 27.8 Å². The van der Waals surface area contributed by atoms with Crippen LogP contribution in [0.2, 0.25) is 0 Å². The van der Waals surface area contributed by atoms with Gasteiger partial charge in [-0.05, 0) is 74.1 Å². The fourth-order valence-electron chi connectivity index (χ4n) is 6.13. The minimum absolute atomic E-state index is 0. The molecule has 2 atom stereocenters. The summed E-state index contributed by atoms with van der Waals surface area (Å²) in [4.78, 5) is 20.4. The second-order valence-electron chi connectivity index (χ2n) is 11.9. The highest BCUT2D eigenvalue weighted by molar-refractivity contribution is 7.89. The fraction of sp³-hybridized carbons (Fsp3) is 0.406. The molecule has 225 valence electrons. The second kappa shape index (κ2) is 11.6. The van der Waals surface area contributed by atoms with Crippen LogP contribution in [-0.4, -0.2) is 36.6 Å². The summed E-state index contributed by atoms with van der Waals surface area (Å²) < 4.78 is 29.2. The number of aromatic nitrogens is 1. The minimum atomic E-state index is -3.72. The van der Waals surface area contributed by atoms with Crippen molar-refractivity contribution in [3.05, 3.63) is 86.7 Å². The fourth-order valence-corrected chi connectivity index (χ4v) is 9.20. The van der Waals surface area contributed by atoms with Crippen molar-refractivity contribution in [3.63, 3.8) is 0 Å². The van der Waals surface area contributed by atoms with Crippen molar-refractivity contribution in [1.82, 2.24) is 9.29 Å². The first-order valence-corrected chi connectivity index (χ1v) is 16.6. The molecular weight excluding hydrogens is 567 g/mol. The van der Waals surface area contributed by atoms with Crippen LogP contribution >= 0.6 is 11.3 Å². The number of carbonyl (C=O) groups is 1. The number of fused-ring (bicyclic) bond motifs is 1. The number of rotatable bonds is 10. The number of ketones is 1. The molecule has 10 heteroatoms. The maximum atomic E-state index is 13.8. The molecule has 8 nitrogen and oxygen atoms in total. The first-order valence-electron chi connectivity index (χ1n) is 14.4. The third-order valence-corrected chi connectivity index (χ3v) is 11.5. The number of Topliss-reactive ketones (excluding diaryl/α,β-unsaturated/α-hetero) is 1. The SMILES string of the molecule is CCNc1ccc([C@H](c2cc(CN3C[C@@H](C)Cc4ncccc4S3(=O)=O)c(C)s2)C(C)(C)C(=O)C2=C[CH]2)c(C)c1NN.[HH]. The van der Waals surface area contributed by atoms with E-state index in [1.165, 1.54) is 0 Å². The Morgan fingerprint density at radius 2 is 2.02 bits per heavy atom. The number of hydrazine groups is 1. The number of carbonyl (C=O) groups excluding carboxylic acids is 1. The van der Waals surface area contributed by atoms with Crippen molar-refractivity contribution in [3.8, 4) is 0 Å². The number of aryl methyl sites for hydroxylation is 1. The van der Waals surface area contributed by atoms with Crippen LogP contribution in [0, 0.1) is 31.6 Å². The van der Waals surface area contributed by atoms with Crippen molar-refractivity contribution in [2.24, 2.45) is 17.2 Å². The van der Waals surface area contributed by atoms with E-state index in [0.29, 0.717) is 23.6 Å². The Morgan fingerprint density at radius 1 is 1.29 bits per heavy atom. The highest BCUT2D eigenvalue weighted by Gasteiger charge is 2.43. The number of nitrogens with one attached hydrogen (secondary N) is 2. The van der Waals surface area contributed by atoms with E-state index in [0.717, 1.165) is 49.9 Å². The zero-order valence-corrected chi connectivity index (χ0v) is 26.7. The van der Waals surface area contributed by atoms with Gasteiger partial charge in [-0.3, -0.25) is 15.6 Å². The van der Waals surface area contributed by atoms with Gasteiger partial charge in [0.25, 0.3) is 0 Å². The monoisotopic (exact) mass is 608 g/mol. The average Bonchev–Trinajstić information content (AvgIpc) is 3.73. The van der Waals surface area contributed by atoms with Crippen LogP contribution in [0.15, 0.2) is 53.1 Å². The molecular formula is C32H42N5O3S2. The summed E-state index contributed by atoms with van der Waals surface area (Å²) in [6.07, 6.45) is 5.99. The molecule has 0 saturated heterocycles. The van der Waals surface area contributed by atoms with E-state index in [9.17, 15) is 13.2 Å². The van der Waals surface area contributed by atoms with E-state index in [2.05, 4.69) is 34.8 Å². The lowest BCUT2D eigenvalue weighted by Crippen LogP contribution is -2.33. The summed E-state index contributed by atoms with van der Waals surface area (Å²) >= 11 is 1.63. The van der Waals surface area contributed by atoms with Gasteiger partial charge in [-0.2, -0.15) is 4.31 Å². The van der Waals surface area contributed by atoms with Gasteiger partial charge in [0.2, 0.25) is 10.0 Å². The van der Waals surface area contributed by atoms with Crippen LogP contribution in [0.5, 0.6) is 0 Å². The molecule has 3 aromatic rings. The van der Waals surface area contributed by atoms with Crippen LogP contribution in [0.4, 0.5) is 11.4 Å². The largest absolute Gasteiger partial charge is 0.384 e. The van der Waals surface area contributed by atoms with Crippen molar-refractivity contribution in [2.45, 2.75) is 65.3 Å². The molecule has 0 bridgehead atoms. The summed E-state index contributed by atoms with van der Waals surface area (Å²) in [6.45, 7) is 13.6. The molecule has 0 spiro atoms. The Hall–Kier alpha value is -3.05. The average molecular weight is 609 g/mol. The maximum Gasteiger partial charge on any atom is 0.245 e. The van der Waals surface area contributed by atoms with Crippen molar-refractivity contribution < 1.29 is 14.6 Å². The maximum absolute atomic E-state index is 13.8. The first kappa shape index (κ1) is 30.4. The van der Waals surface area contributed by atoms with E-state index in [1.54, 1.807) is 34.0 Å². The van der Waals surface area contributed by atoms with Crippen LogP contribution < -0.4 is 16.6 Å². The van der Waals surface area contributed by atoms with E-state index in [1.807, 2.05) is 53.2 Å². The highest BCUT2D eigenvalue weighted by Crippen LogP contribution is 2.50. The molecule has 2 aliphatic rings. The molecule has 0 amide bonds. The Morgan fingerprint density at radius 3 is 2.69 bits per heavy atom. The number of nitrogen functional groups attached to an aromatic ring is 1. The molecule has 0 fully saturated rings. The molecule has 3 heterocycles. The summed E-state index contributed by atoms with van der Waals surface area (Å²) in [7, 11) is -3.72. The number of allylic oxidation sites excluding steroid dienone is 2. The number of nitrogens with zero attached hydrogens (tertiary/aromatic N) is 2. The summed E-state index contributed by atoms with van der Waals surface area (Å²) in [5, 5.41) is 3.36. The Balaban J connectivity index is 0.00000423. The number of benzene rings is 1. The normalized spacial score (nSPS) is 18.9. The molecule has 1 aliphatic carbocycles. The van der Waals surface area contributed by atoms with Crippen molar-refractivity contribution in [1.29, 1.82) is 0 Å². The van der Waals surface area contributed by atoms with Crippen molar-refractivity contribution in [2.75, 3.05) is 23.8 Å². The van der Waals surface area contributed by atoms with Crippen LogP contribution in [0.25, 0.3) is 0 Å². The minimum Gasteiger partial charge on any atom is -0.384 e. The number of hydrogen-bond acceptors (Lipinski definition) is 8. The molecule has 5 rings (SSSR count). The second-order valence-corrected chi connectivity index (χ2v) is 15.1. The smallest absolute Gasteiger partial charge is 0.245 e. The number of pyridine rings is 1. The van der Waals surface area contributed by atoms with Crippen molar-refractivity contribution >= 4 is 38.5 Å². The molecule has 42 heavy (non-hydrogen) atoms. The molecule has 4 N–H and O–H groups in total. The predicted molar refractivity (Wildman–Crippen MR) is 172 cm³/mol. The van der Waals surface area contributed by atoms with Gasteiger partial charge in [-0.25, -0.2) is 8.42 Å². The summed E-state index contributed by atoms with van der Waals surface area (Å²) in [6, 6.07) is 9.54. The summed E-state index contributed by atoms with van der Waals surface area (Å²) in [5.41, 5.74) is 8.10. The van der Waals surface area contributed by atoms with Gasteiger partial charge < -0.3 is 10.7 Å². The zero-order chi connectivity index (χ0) is 30.4. The molecule has 0 saturated carbocycles. The quantitative estimate of drug-likeness (QED) is 0.192. The first-order chi connectivity index (χ1) is 19.9. The third-order valence-electron chi connectivity index (χ3n) is 8.43. The number of nitrogens with two attached hydrogens (primary N) is 1. The highest BCUT2D eigenvalue weighted by atomic mass is 32.2. The van der Waals surface area contributed by atoms with E-state index >= 15 is 0 Å². The number of thiophene rings is 1. The van der Waals surface area contributed by atoms with Gasteiger partial charge in [0, 0.05) is 60.3 Å². The summed E-state index contributed by atoms with van der Waals surface area (Å²) in [5.74, 6) is 5.94. The van der Waals surface area contributed by atoms with Crippen LogP contribution in [0.1, 0.15) is 67.2 Å². The lowest BCUT2D eigenvalue weighted by molar-refractivity contribution is -0.123. The molecule has 1 radical (unpaired) electrons. The Labute approximate surface area is 254 Å². The van der Waals surface area contributed by atoms with E-state index in [-0.39, 0.29) is 25.6 Å². The van der Waals surface area contributed by atoms with Gasteiger partial charge in [-0.1, -0.05) is 32.9 Å². The van der Waals surface area contributed by atoms with Gasteiger partial charge in [0.05, 0.1) is 17.1 Å². The lowest BCUT2D eigenvalue weighted by Gasteiger charge is -2.34. The number of sulfonamides is 1. The predicted octanol–water partition coefficient (Wildman–Crippen LogP) is 5.98. The third kappa shape index (κ3) is 5.53. The van der Waals surface area contributed by atoms with Gasteiger partial charge >= 0.3 is 0 Å². The van der Waals surface area contributed by atoms with Crippen LogP contribution in [0.3, 0.4) is 0 Å². The number of hydrogen-bond donors (Lipinski definition) is 3. The lowest BCUT2D eigenvalue weighted by atomic mass is 9.69. The molecule has 1 aliphatic heterocycles. The topological polar surface area (TPSA) is 117 Å². The van der Waals surface area contributed by atoms with E-state index in [4.69, 9.17) is 5.84 Å². The molecule has 0 unspecified atom stereocenters.